The van der Waals surface area contributed by atoms with Crippen LogP contribution in [-0.2, 0) is 19.1 Å². The SMILES string of the molecule is COC(=O)CNC(=O)C1N=C(C)OC1c1cccc2ccccc12. The fourth-order valence-corrected chi connectivity index (χ4v) is 2.81. The molecule has 0 aromatic heterocycles. The van der Waals surface area contributed by atoms with Crippen molar-refractivity contribution in [1.82, 2.24) is 5.32 Å². The minimum Gasteiger partial charge on any atom is -0.470 e. The van der Waals surface area contributed by atoms with E-state index in [4.69, 9.17) is 4.74 Å². The quantitative estimate of drug-likeness (QED) is 0.872. The van der Waals surface area contributed by atoms with Gasteiger partial charge in [0.15, 0.2) is 18.0 Å². The summed E-state index contributed by atoms with van der Waals surface area (Å²) >= 11 is 0. The van der Waals surface area contributed by atoms with Crippen LogP contribution in [0.1, 0.15) is 18.6 Å². The molecule has 1 amide bonds. The maximum atomic E-state index is 12.4. The second-order valence-corrected chi connectivity index (χ2v) is 5.49. The van der Waals surface area contributed by atoms with Gasteiger partial charge < -0.3 is 14.8 Å². The van der Waals surface area contributed by atoms with Crippen molar-refractivity contribution >= 4 is 28.5 Å². The van der Waals surface area contributed by atoms with Gasteiger partial charge in [0, 0.05) is 12.5 Å². The van der Waals surface area contributed by atoms with Gasteiger partial charge in [-0.2, -0.15) is 0 Å². The lowest BCUT2D eigenvalue weighted by molar-refractivity contribution is -0.141. The summed E-state index contributed by atoms with van der Waals surface area (Å²) in [5.41, 5.74) is 0.895. The molecular weight excluding hydrogens is 308 g/mol. The average molecular weight is 326 g/mol. The van der Waals surface area contributed by atoms with E-state index in [1.54, 1.807) is 6.92 Å². The largest absolute Gasteiger partial charge is 0.470 e. The molecule has 0 spiro atoms. The molecule has 124 valence electrons. The number of benzene rings is 2. The summed E-state index contributed by atoms with van der Waals surface area (Å²) in [6, 6.07) is 13.0. The van der Waals surface area contributed by atoms with Crippen molar-refractivity contribution in [1.29, 1.82) is 0 Å². The monoisotopic (exact) mass is 326 g/mol. The first-order valence-electron chi connectivity index (χ1n) is 7.63. The van der Waals surface area contributed by atoms with Gasteiger partial charge in [-0.05, 0) is 10.8 Å². The van der Waals surface area contributed by atoms with Crippen LogP contribution in [0.5, 0.6) is 0 Å². The number of methoxy groups -OCH3 is 1. The zero-order valence-corrected chi connectivity index (χ0v) is 13.5. The predicted octanol–water partition coefficient (Wildman–Crippen LogP) is 1.99. The molecule has 2 atom stereocenters. The number of carbonyl (C=O) groups excluding carboxylic acids is 2. The first-order chi connectivity index (χ1) is 11.6. The fraction of sp³-hybridized carbons (Fsp3) is 0.278. The first kappa shape index (κ1) is 16.0. The number of hydrogen-bond acceptors (Lipinski definition) is 5. The highest BCUT2D eigenvalue weighted by atomic mass is 16.5. The van der Waals surface area contributed by atoms with E-state index in [1.807, 2.05) is 42.5 Å². The van der Waals surface area contributed by atoms with Crippen molar-refractivity contribution in [3.05, 3.63) is 48.0 Å². The van der Waals surface area contributed by atoms with Gasteiger partial charge in [0.25, 0.3) is 0 Å². The van der Waals surface area contributed by atoms with Crippen LogP contribution in [0.4, 0.5) is 0 Å². The molecule has 1 aliphatic heterocycles. The Morgan fingerprint density at radius 2 is 1.96 bits per heavy atom. The molecule has 0 aliphatic carbocycles. The Kier molecular flexibility index (Phi) is 4.46. The van der Waals surface area contributed by atoms with E-state index in [9.17, 15) is 9.59 Å². The molecule has 1 N–H and O–H groups in total. The molecule has 0 saturated carbocycles. The van der Waals surface area contributed by atoms with Gasteiger partial charge in [-0.3, -0.25) is 9.59 Å². The van der Waals surface area contributed by atoms with Crippen LogP contribution in [0.2, 0.25) is 0 Å². The third-order valence-corrected chi connectivity index (χ3v) is 3.94. The summed E-state index contributed by atoms with van der Waals surface area (Å²) in [7, 11) is 1.27. The molecule has 0 radical (unpaired) electrons. The van der Waals surface area contributed by atoms with Crippen LogP contribution < -0.4 is 5.32 Å². The first-order valence-corrected chi connectivity index (χ1v) is 7.63. The highest BCUT2D eigenvalue weighted by Crippen LogP contribution is 2.34. The maximum Gasteiger partial charge on any atom is 0.325 e. The van der Waals surface area contributed by atoms with Crippen molar-refractivity contribution in [2.24, 2.45) is 4.99 Å². The van der Waals surface area contributed by atoms with E-state index in [-0.39, 0.29) is 12.5 Å². The molecule has 0 fully saturated rings. The zero-order valence-electron chi connectivity index (χ0n) is 13.5. The number of esters is 1. The molecule has 2 aromatic rings. The molecule has 24 heavy (non-hydrogen) atoms. The predicted molar refractivity (Wildman–Crippen MR) is 89.7 cm³/mol. The van der Waals surface area contributed by atoms with Crippen molar-refractivity contribution in [2.45, 2.75) is 19.1 Å². The van der Waals surface area contributed by atoms with Gasteiger partial charge in [0.2, 0.25) is 5.91 Å². The summed E-state index contributed by atoms with van der Waals surface area (Å²) < 4.78 is 10.3. The molecule has 2 aromatic carbocycles. The summed E-state index contributed by atoms with van der Waals surface area (Å²) in [5.74, 6) is -0.425. The highest BCUT2D eigenvalue weighted by molar-refractivity contribution is 5.93. The molecule has 6 heteroatoms. The Morgan fingerprint density at radius 3 is 2.75 bits per heavy atom. The molecule has 6 nitrogen and oxygen atoms in total. The number of rotatable bonds is 4. The van der Waals surface area contributed by atoms with Gasteiger partial charge >= 0.3 is 5.97 Å². The minimum absolute atomic E-state index is 0.192. The van der Waals surface area contributed by atoms with Crippen molar-refractivity contribution < 1.29 is 19.1 Å². The van der Waals surface area contributed by atoms with E-state index in [0.29, 0.717) is 5.90 Å². The Balaban J connectivity index is 1.89. The Labute approximate surface area is 139 Å². The van der Waals surface area contributed by atoms with Gasteiger partial charge in [-0.1, -0.05) is 42.5 Å². The summed E-state index contributed by atoms with van der Waals surface area (Å²) in [5, 5.41) is 4.62. The van der Waals surface area contributed by atoms with Crippen LogP contribution in [0.3, 0.4) is 0 Å². The summed E-state index contributed by atoms with van der Waals surface area (Å²) in [6.45, 7) is 1.52. The maximum absolute atomic E-state index is 12.4. The van der Waals surface area contributed by atoms with E-state index < -0.39 is 18.1 Å². The Bertz CT molecular complexity index is 810. The molecule has 0 saturated heterocycles. The molecular formula is C18H18N2O4. The Morgan fingerprint density at radius 1 is 1.21 bits per heavy atom. The van der Waals surface area contributed by atoms with E-state index >= 15 is 0 Å². The minimum atomic E-state index is -0.736. The zero-order chi connectivity index (χ0) is 17.1. The van der Waals surface area contributed by atoms with Gasteiger partial charge in [0.05, 0.1) is 7.11 Å². The van der Waals surface area contributed by atoms with Crippen LogP contribution in [0, 0.1) is 0 Å². The second kappa shape index (κ2) is 6.70. The smallest absolute Gasteiger partial charge is 0.325 e. The molecule has 0 bridgehead atoms. The van der Waals surface area contributed by atoms with Gasteiger partial charge in [0.1, 0.15) is 6.54 Å². The number of nitrogens with one attached hydrogen (secondary N) is 1. The van der Waals surface area contributed by atoms with Gasteiger partial charge in [-0.15, -0.1) is 0 Å². The van der Waals surface area contributed by atoms with E-state index in [1.165, 1.54) is 7.11 Å². The van der Waals surface area contributed by atoms with Crippen molar-refractivity contribution in [2.75, 3.05) is 13.7 Å². The fourth-order valence-electron chi connectivity index (χ4n) is 2.81. The number of ether oxygens (including phenoxy) is 2. The number of carbonyl (C=O) groups is 2. The van der Waals surface area contributed by atoms with E-state index in [0.717, 1.165) is 16.3 Å². The Hall–Kier alpha value is -2.89. The average Bonchev–Trinajstić information content (AvgIpc) is 3.00. The van der Waals surface area contributed by atoms with Crippen molar-refractivity contribution in [3.8, 4) is 0 Å². The standard InChI is InChI=1S/C18H18N2O4/c1-11-20-16(18(22)19-10-15(21)23-2)17(24-11)14-9-5-7-12-6-3-4-8-13(12)14/h3-9,16-17H,10H2,1-2H3,(H,19,22). The lowest BCUT2D eigenvalue weighted by atomic mass is 9.96. The number of fused-ring (bicyclic) bond motifs is 1. The number of aliphatic imine (C=N–C) groups is 1. The number of hydrogen-bond donors (Lipinski definition) is 1. The molecule has 2 unspecified atom stereocenters. The highest BCUT2D eigenvalue weighted by Gasteiger charge is 2.37. The number of nitrogens with zero attached hydrogens (tertiary/aromatic N) is 1. The summed E-state index contributed by atoms with van der Waals surface area (Å²) in [6.07, 6.45) is -0.520. The normalized spacial score (nSPS) is 19.5. The van der Waals surface area contributed by atoms with E-state index in [2.05, 4.69) is 15.0 Å². The lowest BCUT2D eigenvalue weighted by Crippen LogP contribution is -2.39. The third-order valence-electron chi connectivity index (χ3n) is 3.94. The lowest BCUT2D eigenvalue weighted by Gasteiger charge is -2.19. The van der Waals surface area contributed by atoms with Crippen LogP contribution in [0.25, 0.3) is 10.8 Å². The summed E-state index contributed by atoms with van der Waals surface area (Å²) in [4.78, 5) is 27.9. The van der Waals surface area contributed by atoms with Crippen LogP contribution in [0.15, 0.2) is 47.5 Å². The van der Waals surface area contributed by atoms with Crippen molar-refractivity contribution in [3.63, 3.8) is 0 Å². The molecule has 3 rings (SSSR count). The van der Waals surface area contributed by atoms with Gasteiger partial charge in [-0.25, -0.2) is 4.99 Å². The topological polar surface area (TPSA) is 77.0 Å². The third kappa shape index (κ3) is 3.08. The van der Waals surface area contributed by atoms with Crippen LogP contribution >= 0.6 is 0 Å². The molecule has 1 aliphatic rings. The second-order valence-electron chi connectivity index (χ2n) is 5.49. The molecule has 1 heterocycles. The number of amides is 1. The van der Waals surface area contributed by atoms with Crippen LogP contribution in [-0.4, -0.2) is 37.5 Å².